The molecule has 112 valence electrons. The van der Waals surface area contributed by atoms with Gasteiger partial charge in [-0.1, -0.05) is 36.7 Å². The molecule has 0 fully saturated rings. The van der Waals surface area contributed by atoms with Crippen molar-refractivity contribution in [3.8, 4) is 0 Å². The minimum Gasteiger partial charge on any atom is -0.241 e. The van der Waals surface area contributed by atoms with Crippen LogP contribution in [0.1, 0.15) is 12.5 Å². The molecule has 0 aliphatic carbocycles. The van der Waals surface area contributed by atoms with Gasteiger partial charge in [0.1, 0.15) is 0 Å². The number of pyridine rings is 1. The summed E-state index contributed by atoms with van der Waals surface area (Å²) in [4.78, 5) is 3.65. The van der Waals surface area contributed by atoms with E-state index in [2.05, 4.69) is 4.98 Å². The molecule has 21 heavy (non-hydrogen) atoms. The van der Waals surface area contributed by atoms with Crippen molar-refractivity contribution < 1.29 is 12.8 Å². The fourth-order valence-corrected chi connectivity index (χ4v) is 3.46. The normalized spacial score (nSPS) is 11.8. The number of aromatic nitrogens is 1. The van der Waals surface area contributed by atoms with E-state index in [9.17, 15) is 12.8 Å². The average molecular weight is 329 g/mol. The minimum atomic E-state index is -4.01. The monoisotopic (exact) mass is 328 g/mol. The van der Waals surface area contributed by atoms with Crippen LogP contribution < -0.4 is 0 Å². The summed E-state index contributed by atoms with van der Waals surface area (Å²) in [6, 6.07) is 9.36. The lowest BCUT2D eigenvalue weighted by molar-refractivity contribution is 0.415. The van der Waals surface area contributed by atoms with Crippen LogP contribution >= 0.6 is 11.6 Å². The van der Waals surface area contributed by atoms with Crippen molar-refractivity contribution in [3.63, 3.8) is 0 Å². The molecule has 2 rings (SSSR count). The van der Waals surface area contributed by atoms with E-state index in [1.165, 1.54) is 12.3 Å². The SMILES string of the molecule is CCN(Cc1ccccc1Cl)S(=O)(=O)c1ncccc1F. The molecule has 2 aromatic rings. The highest BCUT2D eigenvalue weighted by Crippen LogP contribution is 2.22. The van der Waals surface area contributed by atoms with Gasteiger partial charge in [-0.2, -0.15) is 4.31 Å². The average Bonchev–Trinajstić information content (AvgIpc) is 2.46. The molecule has 0 N–H and O–H groups in total. The Labute approximate surface area is 128 Å². The number of nitrogens with zero attached hydrogens (tertiary/aromatic N) is 2. The second kappa shape index (κ2) is 6.51. The molecule has 0 unspecified atom stereocenters. The van der Waals surface area contributed by atoms with E-state index in [1.807, 2.05) is 0 Å². The van der Waals surface area contributed by atoms with E-state index >= 15 is 0 Å². The number of benzene rings is 1. The van der Waals surface area contributed by atoms with Gasteiger partial charge in [0.25, 0.3) is 10.0 Å². The van der Waals surface area contributed by atoms with Crippen LogP contribution in [0.25, 0.3) is 0 Å². The molecule has 1 aromatic heterocycles. The Kier molecular flexibility index (Phi) is 4.92. The quantitative estimate of drug-likeness (QED) is 0.847. The Morgan fingerprint density at radius 3 is 2.57 bits per heavy atom. The Morgan fingerprint density at radius 1 is 1.24 bits per heavy atom. The number of sulfonamides is 1. The summed E-state index contributed by atoms with van der Waals surface area (Å²) < 4.78 is 39.8. The van der Waals surface area contributed by atoms with Crippen molar-refractivity contribution >= 4 is 21.6 Å². The summed E-state index contributed by atoms with van der Waals surface area (Å²) in [7, 11) is -4.01. The van der Waals surface area contributed by atoms with E-state index in [0.717, 1.165) is 10.4 Å². The van der Waals surface area contributed by atoms with Crippen molar-refractivity contribution in [2.24, 2.45) is 0 Å². The van der Waals surface area contributed by atoms with Gasteiger partial charge in [-0.3, -0.25) is 0 Å². The highest BCUT2D eigenvalue weighted by Gasteiger charge is 2.28. The fraction of sp³-hybridized carbons (Fsp3) is 0.214. The van der Waals surface area contributed by atoms with Gasteiger partial charge >= 0.3 is 0 Å². The Hall–Kier alpha value is -1.50. The third kappa shape index (κ3) is 3.40. The minimum absolute atomic E-state index is 0.0640. The van der Waals surface area contributed by atoms with E-state index in [0.29, 0.717) is 10.6 Å². The highest BCUT2D eigenvalue weighted by molar-refractivity contribution is 7.89. The van der Waals surface area contributed by atoms with Crippen LogP contribution in [0.15, 0.2) is 47.6 Å². The van der Waals surface area contributed by atoms with Crippen molar-refractivity contribution in [3.05, 3.63) is 59.0 Å². The zero-order valence-corrected chi connectivity index (χ0v) is 12.9. The van der Waals surface area contributed by atoms with Gasteiger partial charge in [-0.15, -0.1) is 0 Å². The lowest BCUT2D eigenvalue weighted by Crippen LogP contribution is -2.31. The predicted octanol–water partition coefficient (Wildman–Crippen LogP) is 3.08. The first-order valence-corrected chi connectivity index (χ1v) is 8.12. The number of rotatable bonds is 5. The molecule has 0 bridgehead atoms. The molecule has 0 aliphatic rings. The standard InChI is InChI=1S/C14H14ClFN2O2S/c1-2-18(10-11-6-3-4-7-12(11)15)21(19,20)14-13(16)8-5-9-17-14/h3-9H,2,10H2,1H3. The zero-order chi connectivity index (χ0) is 15.5. The molecule has 1 heterocycles. The summed E-state index contributed by atoms with van der Waals surface area (Å²) in [5.74, 6) is -0.866. The van der Waals surface area contributed by atoms with Crippen LogP contribution in [-0.2, 0) is 16.6 Å². The smallest absolute Gasteiger partial charge is 0.241 e. The molecule has 0 saturated heterocycles. The number of hydrogen-bond acceptors (Lipinski definition) is 3. The molecule has 0 amide bonds. The van der Waals surface area contributed by atoms with Crippen LogP contribution in [0.3, 0.4) is 0 Å². The second-order valence-corrected chi connectivity index (χ2v) is 6.57. The maximum Gasteiger partial charge on any atom is 0.263 e. The molecule has 0 saturated carbocycles. The van der Waals surface area contributed by atoms with Gasteiger partial charge in [0, 0.05) is 24.3 Å². The van der Waals surface area contributed by atoms with Crippen LogP contribution in [0.4, 0.5) is 4.39 Å². The van der Waals surface area contributed by atoms with Gasteiger partial charge in [-0.25, -0.2) is 17.8 Å². The van der Waals surface area contributed by atoms with Crippen molar-refractivity contribution in [1.82, 2.24) is 9.29 Å². The van der Waals surface area contributed by atoms with Gasteiger partial charge in [0.05, 0.1) is 0 Å². The van der Waals surface area contributed by atoms with Crippen LogP contribution in [0, 0.1) is 5.82 Å². The predicted molar refractivity (Wildman–Crippen MR) is 78.9 cm³/mol. The summed E-state index contributed by atoms with van der Waals surface area (Å²) >= 11 is 6.04. The van der Waals surface area contributed by atoms with E-state index in [4.69, 9.17) is 11.6 Å². The third-order valence-corrected chi connectivity index (χ3v) is 5.19. The first kappa shape index (κ1) is 15.9. The maximum absolute atomic E-state index is 13.7. The van der Waals surface area contributed by atoms with Gasteiger partial charge in [-0.05, 0) is 23.8 Å². The van der Waals surface area contributed by atoms with Crippen LogP contribution in [0.5, 0.6) is 0 Å². The third-order valence-electron chi connectivity index (χ3n) is 2.97. The molecular weight excluding hydrogens is 315 g/mol. The summed E-state index contributed by atoms with van der Waals surface area (Å²) in [6.07, 6.45) is 1.25. The van der Waals surface area contributed by atoms with Crippen LogP contribution in [-0.4, -0.2) is 24.3 Å². The zero-order valence-electron chi connectivity index (χ0n) is 11.3. The Balaban J connectivity index is 2.37. The highest BCUT2D eigenvalue weighted by atomic mass is 35.5. The van der Waals surface area contributed by atoms with Crippen LogP contribution in [0.2, 0.25) is 5.02 Å². The lowest BCUT2D eigenvalue weighted by atomic mass is 10.2. The Bertz CT molecular complexity index is 737. The van der Waals surface area contributed by atoms with Crippen molar-refractivity contribution in [2.45, 2.75) is 18.5 Å². The van der Waals surface area contributed by atoms with Crippen molar-refractivity contribution in [1.29, 1.82) is 0 Å². The lowest BCUT2D eigenvalue weighted by Gasteiger charge is -2.20. The summed E-state index contributed by atoms with van der Waals surface area (Å²) in [5.41, 5.74) is 0.654. The molecular formula is C14H14ClFN2O2S. The van der Waals surface area contributed by atoms with E-state index in [1.54, 1.807) is 31.2 Å². The van der Waals surface area contributed by atoms with Gasteiger partial charge in [0.15, 0.2) is 5.82 Å². The molecule has 7 heteroatoms. The first-order chi connectivity index (χ1) is 9.96. The van der Waals surface area contributed by atoms with E-state index < -0.39 is 20.9 Å². The summed E-state index contributed by atoms with van der Waals surface area (Å²) in [5, 5.41) is -0.105. The topological polar surface area (TPSA) is 50.3 Å². The maximum atomic E-state index is 13.7. The molecule has 4 nitrogen and oxygen atoms in total. The van der Waals surface area contributed by atoms with Gasteiger partial charge in [0.2, 0.25) is 5.03 Å². The van der Waals surface area contributed by atoms with Crippen molar-refractivity contribution in [2.75, 3.05) is 6.54 Å². The second-order valence-electron chi connectivity index (χ2n) is 4.31. The van der Waals surface area contributed by atoms with E-state index in [-0.39, 0.29) is 13.1 Å². The fourth-order valence-electron chi connectivity index (χ4n) is 1.87. The summed E-state index contributed by atoms with van der Waals surface area (Å²) in [6.45, 7) is 1.92. The molecule has 0 spiro atoms. The molecule has 0 aliphatic heterocycles. The number of hydrogen-bond donors (Lipinski definition) is 0. The molecule has 0 radical (unpaired) electrons. The number of halogens is 2. The largest absolute Gasteiger partial charge is 0.263 e. The first-order valence-electron chi connectivity index (χ1n) is 6.31. The molecule has 0 atom stereocenters. The molecule has 1 aromatic carbocycles. The Morgan fingerprint density at radius 2 is 1.95 bits per heavy atom. The van der Waals surface area contributed by atoms with Gasteiger partial charge < -0.3 is 0 Å².